The molecular weight excluding hydrogens is 164 g/mol. The van der Waals surface area contributed by atoms with E-state index in [9.17, 15) is 5.11 Å². The van der Waals surface area contributed by atoms with Gasteiger partial charge in [0.1, 0.15) is 5.82 Å². The molecule has 1 aliphatic carbocycles. The van der Waals surface area contributed by atoms with Crippen molar-refractivity contribution in [3.8, 4) is 0 Å². The summed E-state index contributed by atoms with van der Waals surface area (Å²) in [7, 11) is 1.99. The van der Waals surface area contributed by atoms with E-state index in [2.05, 4.69) is 4.98 Å². The average molecular weight is 180 g/mol. The third-order valence-electron chi connectivity index (χ3n) is 2.75. The fraction of sp³-hybridized carbons (Fsp3) is 0.700. The van der Waals surface area contributed by atoms with Gasteiger partial charge in [-0.3, -0.25) is 0 Å². The number of hydrogen-bond donors (Lipinski definition) is 1. The van der Waals surface area contributed by atoms with Crippen LogP contribution in [0.3, 0.4) is 0 Å². The monoisotopic (exact) mass is 180 g/mol. The minimum absolute atomic E-state index is 0.100. The second-order valence-electron chi connectivity index (χ2n) is 3.90. The Labute approximate surface area is 78.4 Å². The number of aryl methyl sites for hydroxylation is 2. The lowest BCUT2D eigenvalue weighted by Gasteiger charge is -2.08. The van der Waals surface area contributed by atoms with E-state index in [-0.39, 0.29) is 6.10 Å². The Kier molecular flexibility index (Phi) is 2.36. The zero-order valence-electron chi connectivity index (χ0n) is 7.98. The molecule has 0 saturated heterocycles. The fourth-order valence-corrected chi connectivity index (χ4v) is 1.63. The molecule has 1 heterocycles. The molecule has 0 spiro atoms. The summed E-state index contributed by atoms with van der Waals surface area (Å²) in [5.74, 6) is 1.65. The largest absolute Gasteiger partial charge is 0.393 e. The zero-order valence-corrected chi connectivity index (χ0v) is 7.98. The highest BCUT2D eigenvalue weighted by Crippen LogP contribution is 2.34. The standard InChI is InChI=1S/C10H16N2O/c1-12-7-6-11-10(12)5-4-9(13)8-2-3-8/h6-9,13H,2-5H2,1H3. The van der Waals surface area contributed by atoms with Crippen molar-refractivity contribution in [3.63, 3.8) is 0 Å². The summed E-state index contributed by atoms with van der Waals surface area (Å²) in [6.45, 7) is 0. The van der Waals surface area contributed by atoms with Gasteiger partial charge >= 0.3 is 0 Å². The lowest BCUT2D eigenvalue weighted by molar-refractivity contribution is 0.141. The van der Waals surface area contributed by atoms with E-state index in [1.54, 1.807) is 6.20 Å². The van der Waals surface area contributed by atoms with Gasteiger partial charge < -0.3 is 9.67 Å². The maximum Gasteiger partial charge on any atom is 0.108 e. The number of aliphatic hydroxyl groups excluding tert-OH is 1. The molecule has 1 aliphatic rings. The van der Waals surface area contributed by atoms with Crippen LogP contribution in [0.15, 0.2) is 12.4 Å². The highest BCUT2D eigenvalue weighted by molar-refractivity contribution is 4.92. The molecule has 1 N–H and O–H groups in total. The maximum atomic E-state index is 9.64. The average Bonchev–Trinajstić information content (AvgIpc) is 2.88. The summed E-state index contributed by atoms with van der Waals surface area (Å²) in [6.07, 6.45) is 7.81. The predicted molar refractivity (Wildman–Crippen MR) is 50.3 cm³/mol. The predicted octanol–water partition coefficient (Wildman–Crippen LogP) is 1.12. The number of nitrogens with zero attached hydrogens (tertiary/aromatic N) is 2. The van der Waals surface area contributed by atoms with Gasteiger partial charge in [0.25, 0.3) is 0 Å². The lowest BCUT2D eigenvalue weighted by atomic mass is 10.1. The van der Waals surface area contributed by atoms with Gasteiger partial charge in [-0.2, -0.15) is 0 Å². The fourth-order valence-electron chi connectivity index (χ4n) is 1.63. The summed E-state index contributed by atoms with van der Waals surface area (Å²) >= 11 is 0. The van der Waals surface area contributed by atoms with Crippen molar-refractivity contribution in [2.24, 2.45) is 13.0 Å². The molecule has 0 aliphatic heterocycles. The van der Waals surface area contributed by atoms with Gasteiger partial charge in [0.05, 0.1) is 6.10 Å². The van der Waals surface area contributed by atoms with Crippen LogP contribution in [0.2, 0.25) is 0 Å². The van der Waals surface area contributed by atoms with Gasteiger partial charge in [0.15, 0.2) is 0 Å². The molecule has 72 valence electrons. The molecule has 0 bridgehead atoms. The molecule has 1 aromatic rings. The number of hydrogen-bond acceptors (Lipinski definition) is 2. The first-order chi connectivity index (χ1) is 6.27. The molecule has 0 radical (unpaired) electrons. The number of rotatable bonds is 4. The maximum absolute atomic E-state index is 9.64. The number of aromatic nitrogens is 2. The first-order valence-electron chi connectivity index (χ1n) is 4.91. The van der Waals surface area contributed by atoms with Gasteiger partial charge in [-0.15, -0.1) is 0 Å². The van der Waals surface area contributed by atoms with Crippen LogP contribution in [0.1, 0.15) is 25.1 Å². The second kappa shape index (κ2) is 3.50. The van der Waals surface area contributed by atoms with Crippen LogP contribution in [-0.2, 0) is 13.5 Å². The molecule has 13 heavy (non-hydrogen) atoms. The molecule has 0 aromatic carbocycles. The molecule has 1 atom stereocenters. The van der Waals surface area contributed by atoms with E-state index >= 15 is 0 Å². The van der Waals surface area contributed by atoms with Gasteiger partial charge in [-0.1, -0.05) is 0 Å². The van der Waals surface area contributed by atoms with Crippen molar-refractivity contribution in [3.05, 3.63) is 18.2 Å². The molecule has 1 aromatic heterocycles. The third-order valence-corrected chi connectivity index (χ3v) is 2.75. The Bertz CT molecular complexity index is 278. The SMILES string of the molecule is Cn1ccnc1CCC(O)C1CC1. The van der Waals surface area contributed by atoms with E-state index in [0.29, 0.717) is 5.92 Å². The van der Waals surface area contributed by atoms with E-state index < -0.39 is 0 Å². The number of aliphatic hydroxyl groups is 1. The van der Waals surface area contributed by atoms with Crippen molar-refractivity contribution < 1.29 is 5.11 Å². The normalized spacial score (nSPS) is 18.9. The van der Waals surface area contributed by atoms with Crippen LogP contribution in [0.4, 0.5) is 0 Å². The van der Waals surface area contributed by atoms with E-state index in [1.165, 1.54) is 12.8 Å². The van der Waals surface area contributed by atoms with Crippen molar-refractivity contribution in [2.45, 2.75) is 31.8 Å². The summed E-state index contributed by atoms with van der Waals surface area (Å²) in [5, 5.41) is 9.64. The van der Waals surface area contributed by atoms with E-state index in [1.807, 2.05) is 17.8 Å². The summed E-state index contributed by atoms with van der Waals surface area (Å²) in [5.41, 5.74) is 0. The van der Waals surface area contributed by atoms with Crippen LogP contribution in [-0.4, -0.2) is 20.8 Å². The van der Waals surface area contributed by atoms with Gasteiger partial charge in [-0.25, -0.2) is 4.98 Å². The minimum atomic E-state index is -0.100. The smallest absolute Gasteiger partial charge is 0.108 e. The van der Waals surface area contributed by atoms with Crippen molar-refractivity contribution in [1.29, 1.82) is 0 Å². The van der Waals surface area contributed by atoms with Crippen molar-refractivity contribution in [2.75, 3.05) is 0 Å². The van der Waals surface area contributed by atoms with Crippen LogP contribution in [0, 0.1) is 5.92 Å². The van der Waals surface area contributed by atoms with Crippen LogP contribution in [0.5, 0.6) is 0 Å². The van der Waals surface area contributed by atoms with Gasteiger partial charge in [0.2, 0.25) is 0 Å². The van der Waals surface area contributed by atoms with Gasteiger partial charge in [-0.05, 0) is 25.2 Å². The zero-order chi connectivity index (χ0) is 9.26. The molecule has 3 heteroatoms. The molecule has 0 amide bonds. The second-order valence-corrected chi connectivity index (χ2v) is 3.90. The van der Waals surface area contributed by atoms with Gasteiger partial charge in [0, 0.05) is 25.9 Å². The molecule has 1 unspecified atom stereocenters. The quantitative estimate of drug-likeness (QED) is 0.754. The summed E-state index contributed by atoms with van der Waals surface area (Å²) < 4.78 is 2.01. The molecule has 1 fully saturated rings. The third kappa shape index (κ3) is 2.10. The summed E-state index contributed by atoms with van der Waals surface area (Å²) in [4.78, 5) is 4.22. The molecule has 3 nitrogen and oxygen atoms in total. The van der Waals surface area contributed by atoms with Crippen molar-refractivity contribution >= 4 is 0 Å². The Morgan fingerprint density at radius 3 is 3.00 bits per heavy atom. The van der Waals surface area contributed by atoms with Crippen LogP contribution in [0.25, 0.3) is 0 Å². The highest BCUT2D eigenvalue weighted by atomic mass is 16.3. The topological polar surface area (TPSA) is 38.0 Å². The van der Waals surface area contributed by atoms with Crippen molar-refractivity contribution in [1.82, 2.24) is 9.55 Å². The number of imidazole rings is 1. The Hall–Kier alpha value is -0.830. The minimum Gasteiger partial charge on any atom is -0.393 e. The highest BCUT2D eigenvalue weighted by Gasteiger charge is 2.29. The Balaban J connectivity index is 1.81. The first kappa shape index (κ1) is 8.75. The van der Waals surface area contributed by atoms with Crippen LogP contribution < -0.4 is 0 Å². The Morgan fingerprint density at radius 2 is 2.46 bits per heavy atom. The lowest BCUT2D eigenvalue weighted by Crippen LogP contribution is -2.11. The van der Waals surface area contributed by atoms with E-state index in [0.717, 1.165) is 18.7 Å². The molecule has 2 rings (SSSR count). The molecule has 1 saturated carbocycles. The molecular formula is C10H16N2O. The van der Waals surface area contributed by atoms with Crippen LogP contribution >= 0.6 is 0 Å². The Morgan fingerprint density at radius 1 is 1.69 bits per heavy atom. The first-order valence-corrected chi connectivity index (χ1v) is 4.91. The van der Waals surface area contributed by atoms with E-state index in [4.69, 9.17) is 0 Å². The summed E-state index contributed by atoms with van der Waals surface area (Å²) in [6, 6.07) is 0.